The molecule has 3 heterocycles. The molecule has 0 unspecified atom stereocenters. The SMILES string of the molecule is Cc1cc(C(=O)Cn2cnc3ccsc3c2=O)c(C)n1-c1ccccc1F. The van der Waals surface area contributed by atoms with Crippen molar-refractivity contribution in [3.05, 3.63) is 81.2 Å². The number of carbonyl (C=O) groups is 1. The third-order valence-corrected chi connectivity index (χ3v) is 5.47. The molecule has 0 saturated carbocycles. The molecule has 0 aliphatic carbocycles. The Hall–Kier alpha value is -3.06. The number of rotatable bonds is 4. The average molecular weight is 381 g/mol. The van der Waals surface area contributed by atoms with Crippen LogP contribution in [0.15, 0.2) is 52.9 Å². The van der Waals surface area contributed by atoms with Crippen LogP contribution in [0.5, 0.6) is 0 Å². The quantitative estimate of drug-likeness (QED) is 0.504. The van der Waals surface area contributed by atoms with Gasteiger partial charge < -0.3 is 4.57 Å². The number of hydrogen-bond acceptors (Lipinski definition) is 4. The Morgan fingerprint density at radius 2 is 2.00 bits per heavy atom. The first-order chi connectivity index (χ1) is 13.0. The van der Waals surface area contributed by atoms with E-state index in [1.54, 1.807) is 47.2 Å². The van der Waals surface area contributed by atoms with Crippen molar-refractivity contribution in [1.82, 2.24) is 14.1 Å². The summed E-state index contributed by atoms with van der Waals surface area (Å²) in [5, 5.41) is 1.80. The van der Waals surface area contributed by atoms with E-state index in [2.05, 4.69) is 4.98 Å². The van der Waals surface area contributed by atoms with Gasteiger partial charge in [0.25, 0.3) is 5.56 Å². The number of carbonyl (C=O) groups excluding carboxylic acids is 1. The number of halogens is 1. The second-order valence-electron chi connectivity index (χ2n) is 6.31. The van der Waals surface area contributed by atoms with E-state index in [1.807, 2.05) is 6.92 Å². The molecule has 0 radical (unpaired) electrons. The van der Waals surface area contributed by atoms with E-state index in [0.717, 1.165) is 5.69 Å². The van der Waals surface area contributed by atoms with Crippen LogP contribution >= 0.6 is 11.3 Å². The smallest absolute Gasteiger partial charge is 0.271 e. The van der Waals surface area contributed by atoms with Gasteiger partial charge in [0.15, 0.2) is 5.78 Å². The van der Waals surface area contributed by atoms with Crippen molar-refractivity contribution in [2.45, 2.75) is 20.4 Å². The first kappa shape index (κ1) is 17.4. The number of nitrogens with zero attached hydrogens (tertiary/aromatic N) is 3. The lowest BCUT2D eigenvalue weighted by Gasteiger charge is -2.11. The van der Waals surface area contributed by atoms with Gasteiger partial charge in [-0.1, -0.05) is 12.1 Å². The molecule has 3 aromatic heterocycles. The Balaban J connectivity index is 1.72. The molecule has 0 aliphatic heterocycles. The van der Waals surface area contributed by atoms with Gasteiger partial charge in [-0.3, -0.25) is 14.2 Å². The zero-order chi connectivity index (χ0) is 19.1. The van der Waals surface area contributed by atoms with Crippen LogP contribution in [0.2, 0.25) is 0 Å². The van der Waals surface area contributed by atoms with E-state index in [9.17, 15) is 14.0 Å². The number of para-hydroxylation sites is 1. The van der Waals surface area contributed by atoms with Crippen molar-refractivity contribution in [3.8, 4) is 5.69 Å². The molecule has 4 rings (SSSR count). The van der Waals surface area contributed by atoms with Gasteiger partial charge in [-0.25, -0.2) is 9.37 Å². The topological polar surface area (TPSA) is 56.9 Å². The molecule has 0 N–H and O–H groups in total. The molecule has 0 aliphatic rings. The van der Waals surface area contributed by atoms with Crippen molar-refractivity contribution in [3.63, 3.8) is 0 Å². The zero-order valence-electron chi connectivity index (χ0n) is 14.8. The Morgan fingerprint density at radius 3 is 2.78 bits per heavy atom. The molecular weight excluding hydrogens is 365 g/mol. The molecular formula is C20H16FN3O2S. The summed E-state index contributed by atoms with van der Waals surface area (Å²) in [4.78, 5) is 29.6. The Kier molecular flexibility index (Phi) is 4.24. The summed E-state index contributed by atoms with van der Waals surface area (Å²) in [6, 6.07) is 9.93. The van der Waals surface area contributed by atoms with E-state index < -0.39 is 0 Å². The number of aryl methyl sites for hydroxylation is 1. The van der Waals surface area contributed by atoms with Crippen LogP contribution in [0.25, 0.3) is 15.9 Å². The van der Waals surface area contributed by atoms with Crippen molar-refractivity contribution in [2.24, 2.45) is 0 Å². The standard InChI is InChI=1S/C20H16FN3O2S/c1-12-9-14(13(2)24(12)17-6-4-3-5-15(17)21)18(25)10-23-11-22-16-7-8-27-19(16)20(23)26/h3-9,11H,10H2,1-2H3. The predicted molar refractivity (Wildman–Crippen MR) is 103 cm³/mol. The van der Waals surface area contributed by atoms with E-state index in [-0.39, 0.29) is 23.7 Å². The molecule has 136 valence electrons. The van der Waals surface area contributed by atoms with Crippen LogP contribution in [-0.2, 0) is 6.54 Å². The van der Waals surface area contributed by atoms with Gasteiger partial charge >= 0.3 is 0 Å². The highest BCUT2D eigenvalue weighted by molar-refractivity contribution is 7.17. The third kappa shape index (κ3) is 2.90. The molecule has 5 nitrogen and oxygen atoms in total. The van der Waals surface area contributed by atoms with Crippen LogP contribution in [0.4, 0.5) is 4.39 Å². The van der Waals surface area contributed by atoms with Crippen molar-refractivity contribution in [1.29, 1.82) is 0 Å². The summed E-state index contributed by atoms with van der Waals surface area (Å²) in [5.74, 6) is -0.577. The van der Waals surface area contributed by atoms with Gasteiger partial charge in [-0.05, 0) is 43.5 Å². The Morgan fingerprint density at radius 1 is 1.22 bits per heavy atom. The molecule has 0 bridgehead atoms. The van der Waals surface area contributed by atoms with E-state index in [4.69, 9.17) is 0 Å². The van der Waals surface area contributed by atoms with E-state index in [1.165, 1.54) is 28.3 Å². The summed E-state index contributed by atoms with van der Waals surface area (Å²) in [6.07, 6.45) is 1.39. The number of benzene rings is 1. The highest BCUT2D eigenvalue weighted by Gasteiger charge is 2.19. The van der Waals surface area contributed by atoms with Crippen molar-refractivity contribution in [2.75, 3.05) is 0 Å². The maximum atomic E-state index is 14.2. The normalized spacial score (nSPS) is 11.2. The highest BCUT2D eigenvalue weighted by Crippen LogP contribution is 2.23. The molecule has 7 heteroatoms. The average Bonchev–Trinajstić information content (AvgIpc) is 3.23. The fraction of sp³-hybridized carbons (Fsp3) is 0.150. The molecule has 4 aromatic rings. The maximum Gasteiger partial charge on any atom is 0.271 e. The molecule has 0 atom stereocenters. The molecule has 0 fully saturated rings. The largest absolute Gasteiger partial charge is 0.315 e. The summed E-state index contributed by atoms with van der Waals surface area (Å²) >= 11 is 1.31. The van der Waals surface area contributed by atoms with E-state index >= 15 is 0 Å². The highest BCUT2D eigenvalue weighted by atomic mass is 32.1. The van der Waals surface area contributed by atoms with Crippen LogP contribution in [0.1, 0.15) is 21.7 Å². The number of thiophene rings is 1. The first-order valence-corrected chi connectivity index (χ1v) is 9.25. The Labute approximate surface area is 158 Å². The molecule has 1 aromatic carbocycles. The van der Waals surface area contributed by atoms with Gasteiger partial charge in [0.2, 0.25) is 0 Å². The van der Waals surface area contributed by atoms with Crippen LogP contribution < -0.4 is 5.56 Å². The Bertz CT molecular complexity index is 1240. The second kappa shape index (κ2) is 6.59. The lowest BCUT2D eigenvalue weighted by Crippen LogP contribution is -2.24. The molecule has 0 saturated heterocycles. The fourth-order valence-corrected chi connectivity index (χ4v) is 4.07. The minimum Gasteiger partial charge on any atom is -0.315 e. The van der Waals surface area contributed by atoms with Gasteiger partial charge in [0, 0.05) is 17.0 Å². The minimum atomic E-state index is -0.359. The number of Topliss-reactive ketones (excluding diaryl/α,β-unsaturated/α-hetero) is 1. The fourth-order valence-electron chi connectivity index (χ4n) is 3.28. The number of ketones is 1. The summed E-state index contributed by atoms with van der Waals surface area (Å²) in [6.45, 7) is 3.49. The van der Waals surface area contributed by atoms with Crippen molar-refractivity contribution < 1.29 is 9.18 Å². The minimum absolute atomic E-state index is 0.110. The number of aromatic nitrogens is 3. The summed E-state index contributed by atoms with van der Waals surface area (Å²) in [7, 11) is 0. The second-order valence-corrected chi connectivity index (χ2v) is 7.22. The molecule has 0 amide bonds. The zero-order valence-corrected chi connectivity index (χ0v) is 15.6. The summed E-state index contributed by atoms with van der Waals surface area (Å²) < 4.78 is 17.8. The van der Waals surface area contributed by atoms with Crippen LogP contribution in [-0.4, -0.2) is 19.9 Å². The van der Waals surface area contributed by atoms with Gasteiger partial charge in [-0.15, -0.1) is 11.3 Å². The summed E-state index contributed by atoms with van der Waals surface area (Å²) in [5.41, 5.74) is 2.65. The van der Waals surface area contributed by atoms with Gasteiger partial charge in [0.1, 0.15) is 10.5 Å². The van der Waals surface area contributed by atoms with Gasteiger partial charge in [-0.2, -0.15) is 0 Å². The maximum absolute atomic E-state index is 14.2. The predicted octanol–water partition coefficient (Wildman–Crippen LogP) is 3.89. The monoisotopic (exact) mass is 381 g/mol. The number of hydrogen-bond donors (Lipinski definition) is 0. The lowest BCUT2D eigenvalue weighted by molar-refractivity contribution is 0.0970. The van der Waals surface area contributed by atoms with Crippen LogP contribution in [0.3, 0.4) is 0 Å². The lowest BCUT2D eigenvalue weighted by atomic mass is 10.1. The first-order valence-electron chi connectivity index (χ1n) is 8.37. The van der Waals surface area contributed by atoms with E-state index in [0.29, 0.717) is 27.2 Å². The van der Waals surface area contributed by atoms with Gasteiger partial charge in [0.05, 0.1) is 24.1 Å². The van der Waals surface area contributed by atoms with Crippen LogP contribution in [0, 0.1) is 19.7 Å². The molecule has 0 spiro atoms. The third-order valence-electron chi connectivity index (χ3n) is 4.57. The van der Waals surface area contributed by atoms with Crippen molar-refractivity contribution >= 4 is 27.3 Å². The molecule has 27 heavy (non-hydrogen) atoms. The number of fused-ring (bicyclic) bond motifs is 1.